The van der Waals surface area contributed by atoms with Crippen LogP contribution in [0, 0.1) is 0 Å². The Labute approximate surface area is 94.4 Å². The first kappa shape index (κ1) is 12.6. The number of carboxylic acid groups (broad SMARTS) is 1. The van der Waals surface area contributed by atoms with E-state index in [0.29, 0.717) is 5.57 Å². The van der Waals surface area contributed by atoms with E-state index in [9.17, 15) is 9.90 Å². The Morgan fingerprint density at radius 3 is 2.50 bits per heavy atom. The van der Waals surface area contributed by atoms with E-state index in [2.05, 4.69) is 5.32 Å². The van der Waals surface area contributed by atoms with Gasteiger partial charge in [-0.25, -0.2) is 4.79 Å². The zero-order chi connectivity index (χ0) is 12.6. The van der Waals surface area contributed by atoms with Crippen LogP contribution in [0.5, 0.6) is 0 Å². The van der Waals surface area contributed by atoms with Crippen molar-refractivity contribution in [3.63, 3.8) is 0 Å². The van der Waals surface area contributed by atoms with E-state index < -0.39 is 17.3 Å². The van der Waals surface area contributed by atoms with Gasteiger partial charge in [0.1, 0.15) is 5.54 Å². The molecule has 0 aromatic rings. The molecule has 0 amide bonds. The van der Waals surface area contributed by atoms with Crippen molar-refractivity contribution in [2.75, 3.05) is 0 Å². The number of aliphatic carboxylic acids is 1. The summed E-state index contributed by atoms with van der Waals surface area (Å²) in [5.74, 6) is -2.16. The third-order valence-corrected chi connectivity index (χ3v) is 2.50. The SMILES string of the molecule is CC1=CC=C(NC(C)(C)C(=O)O)OC1(C)O. The van der Waals surface area contributed by atoms with Gasteiger partial charge in [-0.2, -0.15) is 0 Å². The standard InChI is InChI=1S/C11H17NO4/c1-7-5-6-8(16-11(7,4)15)12-10(2,3)9(13)14/h5-6,12,15H,1-4H3,(H,13,14). The number of ether oxygens (including phenoxy) is 1. The maximum Gasteiger partial charge on any atom is 0.328 e. The Morgan fingerprint density at radius 2 is 2.06 bits per heavy atom. The zero-order valence-electron chi connectivity index (χ0n) is 9.87. The van der Waals surface area contributed by atoms with Crippen LogP contribution in [0.25, 0.3) is 0 Å². The largest absolute Gasteiger partial charge is 0.480 e. The number of carboxylic acids is 1. The average molecular weight is 227 g/mol. The van der Waals surface area contributed by atoms with Crippen molar-refractivity contribution in [1.82, 2.24) is 5.32 Å². The molecule has 3 N–H and O–H groups in total. The fourth-order valence-corrected chi connectivity index (χ4v) is 1.11. The maximum atomic E-state index is 10.9. The van der Waals surface area contributed by atoms with Gasteiger partial charge in [-0.1, -0.05) is 6.08 Å². The van der Waals surface area contributed by atoms with Crippen molar-refractivity contribution in [3.05, 3.63) is 23.6 Å². The minimum absolute atomic E-state index is 0.239. The number of carbonyl (C=O) groups is 1. The number of hydrogen-bond acceptors (Lipinski definition) is 4. The van der Waals surface area contributed by atoms with Gasteiger partial charge in [-0.15, -0.1) is 0 Å². The number of nitrogens with one attached hydrogen (secondary N) is 1. The Balaban J connectivity index is 2.83. The van der Waals surface area contributed by atoms with Crippen LogP contribution in [0.15, 0.2) is 23.6 Å². The minimum atomic E-state index is -1.40. The van der Waals surface area contributed by atoms with Crippen LogP contribution in [-0.4, -0.2) is 27.5 Å². The normalized spacial score (nSPS) is 25.3. The molecule has 0 aromatic heterocycles. The summed E-state index contributed by atoms with van der Waals surface area (Å²) in [5.41, 5.74) is -0.493. The number of hydrogen-bond donors (Lipinski definition) is 3. The lowest BCUT2D eigenvalue weighted by Crippen LogP contribution is -2.48. The first-order valence-electron chi connectivity index (χ1n) is 4.97. The van der Waals surface area contributed by atoms with Crippen LogP contribution in [0.3, 0.4) is 0 Å². The number of rotatable bonds is 3. The summed E-state index contributed by atoms with van der Waals surface area (Å²) in [6.07, 6.45) is 3.28. The molecule has 0 fully saturated rings. The molecular formula is C11H17NO4. The van der Waals surface area contributed by atoms with Crippen molar-refractivity contribution in [2.45, 2.75) is 39.0 Å². The molecule has 1 atom stereocenters. The van der Waals surface area contributed by atoms with Gasteiger partial charge in [0.15, 0.2) is 5.88 Å². The highest BCUT2D eigenvalue weighted by Gasteiger charge is 2.33. The maximum absolute atomic E-state index is 10.9. The Kier molecular flexibility index (Phi) is 3.01. The molecule has 0 saturated carbocycles. The van der Waals surface area contributed by atoms with Crippen LogP contribution in [0.2, 0.25) is 0 Å². The van der Waals surface area contributed by atoms with Crippen LogP contribution in [0.4, 0.5) is 0 Å². The summed E-state index contributed by atoms with van der Waals surface area (Å²) in [6.45, 7) is 6.26. The summed E-state index contributed by atoms with van der Waals surface area (Å²) in [6, 6.07) is 0. The average Bonchev–Trinajstić information content (AvgIpc) is 2.10. The van der Waals surface area contributed by atoms with Gasteiger partial charge in [0.05, 0.1) is 0 Å². The van der Waals surface area contributed by atoms with Gasteiger partial charge in [-0.05, 0) is 32.4 Å². The predicted molar refractivity (Wildman–Crippen MR) is 58.4 cm³/mol. The lowest BCUT2D eigenvalue weighted by Gasteiger charge is -2.33. The highest BCUT2D eigenvalue weighted by Crippen LogP contribution is 2.25. The monoisotopic (exact) mass is 227 g/mol. The van der Waals surface area contributed by atoms with Gasteiger partial charge < -0.3 is 20.3 Å². The molecule has 1 rings (SSSR count). The van der Waals surface area contributed by atoms with Crippen LogP contribution < -0.4 is 5.32 Å². The second kappa shape index (κ2) is 3.83. The molecule has 1 unspecified atom stereocenters. The summed E-state index contributed by atoms with van der Waals surface area (Å²) in [4.78, 5) is 10.9. The second-order valence-corrected chi connectivity index (χ2v) is 4.52. The summed E-state index contributed by atoms with van der Waals surface area (Å²) in [5, 5.41) is 21.5. The highest BCUT2D eigenvalue weighted by molar-refractivity contribution is 5.77. The molecule has 0 aliphatic carbocycles. The number of aliphatic hydroxyl groups is 1. The summed E-state index contributed by atoms with van der Waals surface area (Å²) >= 11 is 0. The topological polar surface area (TPSA) is 78.8 Å². The van der Waals surface area contributed by atoms with Crippen molar-refractivity contribution >= 4 is 5.97 Å². The summed E-state index contributed by atoms with van der Waals surface area (Å²) < 4.78 is 5.25. The van der Waals surface area contributed by atoms with Crippen molar-refractivity contribution in [1.29, 1.82) is 0 Å². The first-order chi connectivity index (χ1) is 7.15. The van der Waals surface area contributed by atoms with E-state index in [1.165, 1.54) is 20.8 Å². The lowest BCUT2D eigenvalue weighted by molar-refractivity contribution is -0.151. The van der Waals surface area contributed by atoms with Crippen molar-refractivity contribution < 1.29 is 19.7 Å². The molecule has 1 aliphatic rings. The molecule has 0 spiro atoms. The molecule has 0 saturated heterocycles. The Hall–Kier alpha value is -1.49. The Morgan fingerprint density at radius 1 is 1.50 bits per heavy atom. The molecule has 16 heavy (non-hydrogen) atoms. The fourth-order valence-electron chi connectivity index (χ4n) is 1.11. The quantitative estimate of drug-likeness (QED) is 0.669. The Bertz CT molecular complexity index is 366. The van der Waals surface area contributed by atoms with Gasteiger partial charge in [0.2, 0.25) is 5.79 Å². The van der Waals surface area contributed by atoms with E-state index in [-0.39, 0.29) is 5.88 Å². The molecular weight excluding hydrogens is 210 g/mol. The summed E-state index contributed by atoms with van der Waals surface area (Å²) in [7, 11) is 0. The van der Waals surface area contributed by atoms with Gasteiger partial charge >= 0.3 is 5.97 Å². The number of allylic oxidation sites excluding steroid dienone is 2. The van der Waals surface area contributed by atoms with E-state index in [1.54, 1.807) is 19.1 Å². The third kappa shape index (κ3) is 2.55. The van der Waals surface area contributed by atoms with E-state index in [0.717, 1.165) is 0 Å². The minimum Gasteiger partial charge on any atom is -0.480 e. The predicted octanol–water partition coefficient (Wildman–Crippen LogP) is 0.966. The van der Waals surface area contributed by atoms with E-state index in [1.807, 2.05) is 0 Å². The fraction of sp³-hybridized carbons (Fsp3) is 0.545. The van der Waals surface area contributed by atoms with Crippen LogP contribution >= 0.6 is 0 Å². The van der Waals surface area contributed by atoms with E-state index >= 15 is 0 Å². The molecule has 5 heteroatoms. The second-order valence-electron chi connectivity index (χ2n) is 4.52. The third-order valence-electron chi connectivity index (χ3n) is 2.50. The molecule has 5 nitrogen and oxygen atoms in total. The molecule has 0 aromatic carbocycles. The molecule has 90 valence electrons. The highest BCUT2D eigenvalue weighted by atomic mass is 16.6. The van der Waals surface area contributed by atoms with Crippen molar-refractivity contribution in [3.8, 4) is 0 Å². The molecule has 0 bridgehead atoms. The van der Waals surface area contributed by atoms with Crippen molar-refractivity contribution in [2.24, 2.45) is 0 Å². The van der Waals surface area contributed by atoms with Gasteiger partial charge in [0, 0.05) is 6.92 Å². The smallest absolute Gasteiger partial charge is 0.328 e. The van der Waals surface area contributed by atoms with Gasteiger partial charge in [-0.3, -0.25) is 0 Å². The van der Waals surface area contributed by atoms with Crippen LogP contribution in [-0.2, 0) is 9.53 Å². The van der Waals surface area contributed by atoms with Crippen LogP contribution in [0.1, 0.15) is 27.7 Å². The molecule has 1 heterocycles. The zero-order valence-corrected chi connectivity index (χ0v) is 9.87. The molecule has 1 aliphatic heterocycles. The first-order valence-corrected chi connectivity index (χ1v) is 4.97. The molecule has 0 radical (unpaired) electrons. The lowest BCUT2D eigenvalue weighted by atomic mass is 10.1. The van der Waals surface area contributed by atoms with E-state index in [4.69, 9.17) is 9.84 Å². The van der Waals surface area contributed by atoms with Gasteiger partial charge in [0.25, 0.3) is 0 Å².